The van der Waals surface area contributed by atoms with Crippen LogP contribution in [0, 0.1) is 17.3 Å². The number of alkyl carbamates (subject to hydrolysis) is 1. The highest BCUT2D eigenvalue weighted by molar-refractivity contribution is 5.82. The molecule has 142 valence electrons. The third-order valence-electron chi connectivity index (χ3n) is 5.47. The summed E-state index contributed by atoms with van der Waals surface area (Å²) < 4.78 is 10.00. The summed E-state index contributed by atoms with van der Waals surface area (Å²) >= 11 is 0. The van der Waals surface area contributed by atoms with Gasteiger partial charge in [0, 0.05) is 5.92 Å². The molecule has 0 aliphatic heterocycles. The second-order valence-corrected chi connectivity index (χ2v) is 7.43. The van der Waals surface area contributed by atoms with Gasteiger partial charge < -0.3 is 14.8 Å². The number of esters is 1. The van der Waals surface area contributed by atoms with Crippen molar-refractivity contribution in [2.24, 2.45) is 17.3 Å². The summed E-state index contributed by atoms with van der Waals surface area (Å²) in [5, 5.41) is 2.60. The van der Waals surface area contributed by atoms with E-state index in [9.17, 15) is 14.4 Å². The maximum Gasteiger partial charge on any atom is 0.408 e. The number of hydrogen-bond acceptors (Lipinski definition) is 5. The number of carbonyl (C=O) groups is 3. The molecule has 1 aliphatic rings. The van der Waals surface area contributed by atoms with Gasteiger partial charge in [0.25, 0.3) is 0 Å². The predicted molar refractivity (Wildman–Crippen MR) is 96.2 cm³/mol. The number of benzene rings is 1. The molecule has 1 aromatic rings. The minimum absolute atomic E-state index is 0.00386. The minimum atomic E-state index is -0.791. The molecular weight excluding hydrogens is 334 g/mol. The molecule has 1 aromatic carbocycles. The fourth-order valence-corrected chi connectivity index (χ4v) is 3.65. The molecule has 0 saturated heterocycles. The third-order valence-corrected chi connectivity index (χ3v) is 5.47. The van der Waals surface area contributed by atoms with Crippen LogP contribution in [0.15, 0.2) is 30.3 Å². The highest BCUT2D eigenvalue weighted by Gasteiger charge is 2.51. The van der Waals surface area contributed by atoms with Crippen LogP contribution in [0.25, 0.3) is 0 Å². The summed E-state index contributed by atoms with van der Waals surface area (Å²) in [6.45, 7) is 5.77. The quantitative estimate of drug-likeness (QED) is 0.755. The largest absolute Gasteiger partial charge is 0.467 e. The molecule has 26 heavy (non-hydrogen) atoms. The van der Waals surface area contributed by atoms with Crippen molar-refractivity contribution in [3.8, 4) is 0 Å². The first-order chi connectivity index (χ1) is 12.3. The molecule has 0 unspecified atom stereocenters. The average Bonchev–Trinajstić information content (AvgIpc) is 2.61. The Hall–Kier alpha value is -2.37. The highest BCUT2D eigenvalue weighted by Crippen LogP contribution is 2.53. The molecule has 3 atom stereocenters. The van der Waals surface area contributed by atoms with E-state index in [-0.39, 0.29) is 29.6 Å². The van der Waals surface area contributed by atoms with Crippen LogP contribution in [0.3, 0.4) is 0 Å². The normalized spacial score (nSPS) is 21.8. The molecule has 0 radical (unpaired) electrons. The van der Waals surface area contributed by atoms with Gasteiger partial charge in [0.15, 0.2) is 0 Å². The first-order valence-corrected chi connectivity index (χ1v) is 8.81. The van der Waals surface area contributed by atoms with E-state index in [1.807, 2.05) is 44.2 Å². The summed E-state index contributed by atoms with van der Waals surface area (Å²) in [7, 11) is 1.29. The second kappa shape index (κ2) is 8.34. The number of amides is 1. The third kappa shape index (κ3) is 4.62. The Bertz CT molecular complexity index is 655. The topological polar surface area (TPSA) is 81.7 Å². The molecule has 0 spiro atoms. The zero-order valence-corrected chi connectivity index (χ0v) is 15.8. The molecule has 1 aliphatic carbocycles. The van der Waals surface area contributed by atoms with Crippen LogP contribution in [0.1, 0.15) is 39.2 Å². The van der Waals surface area contributed by atoms with Crippen LogP contribution >= 0.6 is 0 Å². The number of ketones is 1. The highest BCUT2D eigenvalue weighted by atomic mass is 16.6. The lowest BCUT2D eigenvalue weighted by atomic mass is 9.52. The molecule has 1 N–H and O–H groups in total. The van der Waals surface area contributed by atoms with Crippen LogP contribution in [-0.4, -0.2) is 31.0 Å². The minimum Gasteiger partial charge on any atom is -0.467 e. The monoisotopic (exact) mass is 361 g/mol. The summed E-state index contributed by atoms with van der Waals surface area (Å²) in [6.07, 6.45) is 0.477. The van der Waals surface area contributed by atoms with Gasteiger partial charge in [-0.25, -0.2) is 9.59 Å². The molecule has 1 saturated carbocycles. The van der Waals surface area contributed by atoms with Crippen molar-refractivity contribution in [1.29, 1.82) is 0 Å². The smallest absolute Gasteiger partial charge is 0.408 e. The van der Waals surface area contributed by atoms with E-state index in [0.29, 0.717) is 6.42 Å². The van der Waals surface area contributed by atoms with Crippen molar-refractivity contribution in [2.75, 3.05) is 7.11 Å². The van der Waals surface area contributed by atoms with E-state index in [1.165, 1.54) is 7.11 Å². The van der Waals surface area contributed by atoms with E-state index in [0.717, 1.165) is 12.0 Å². The summed E-state index contributed by atoms with van der Waals surface area (Å²) in [4.78, 5) is 35.8. The Labute approximate surface area is 154 Å². The number of methoxy groups -OCH3 is 1. The lowest BCUT2D eigenvalue weighted by molar-refractivity contribution is -0.146. The van der Waals surface area contributed by atoms with Gasteiger partial charge in [0.2, 0.25) is 0 Å². The van der Waals surface area contributed by atoms with Gasteiger partial charge in [-0.05, 0) is 36.7 Å². The van der Waals surface area contributed by atoms with Crippen molar-refractivity contribution in [3.05, 3.63) is 35.9 Å². The Balaban J connectivity index is 1.92. The second-order valence-electron chi connectivity index (χ2n) is 7.43. The van der Waals surface area contributed by atoms with Crippen molar-refractivity contribution < 1.29 is 23.9 Å². The lowest BCUT2D eigenvalue weighted by Gasteiger charge is -2.52. The van der Waals surface area contributed by atoms with Crippen LogP contribution in [0.5, 0.6) is 0 Å². The SMILES string of the molecule is COC(=O)[C@@H](C[C@H]1C[C@@H](C(C)=O)C1(C)C)NC(=O)OCc1ccccc1. The molecule has 0 aromatic heterocycles. The molecular formula is C20H27NO5. The van der Waals surface area contributed by atoms with E-state index in [1.54, 1.807) is 6.92 Å². The Kier molecular flexibility index (Phi) is 6.40. The molecule has 0 bridgehead atoms. The van der Waals surface area contributed by atoms with Crippen molar-refractivity contribution in [3.63, 3.8) is 0 Å². The van der Waals surface area contributed by atoms with Gasteiger partial charge in [-0.1, -0.05) is 44.2 Å². The zero-order valence-electron chi connectivity index (χ0n) is 15.8. The number of ether oxygens (including phenoxy) is 2. The van der Waals surface area contributed by atoms with Crippen molar-refractivity contribution in [1.82, 2.24) is 5.32 Å². The first-order valence-electron chi connectivity index (χ1n) is 8.81. The number of hydrogen-bond donors (Lipinski definition) is 1. The number of nitrogens with one attached hydrogen (secondary N) is 1. The van der Waals surface area contributed by atoms with Gasteiger partial charge in [-0.15, -0.1) is 0 Å². The Morgan fingerprint density at radius 1 is 1.23 bits per heavy atom. The van der Waals surface area contributed by atoms with Gasteiger partial charge in [0.05, 0.1) is 7.11 Å². The van der Waals surface area contributed by atoms with E-state index in [4.69, 9.17) is 9.47 Å². The van der Waals surface area contributed by atoms with Gasteiger partial charge in [0.1, 0.15) is 18.4 Å². The van der Waals surface area contributed by atoms with Gasteiger partial charge in [-0.2, -0.15) is 0 Å². The fourth-order valence-electron chi connectivity index (χ4n) is 3.65. The summed E-state index contributed by atoms with van der Waals surface area (Å²) in [5.74, 6) is -0.203. The summed E-state index contributed by atoms with van der Waals surface area (Å²) in [6, 6.07) is 8.51. The van der Waals surface area contributed by atoms with E-state index in [2.05, 4.69) is 5.32 Å². The molecule has 6 nitrogen and oxygen atoms in total. The number of rotatable bonds is 7. The number of Topliss-reactive ketones (excluding diaryl/α,β-unsaturated/α-hetero) is 1. The van der Waals surface area contributed by atoms with Crippen molar-refractivity contribution >= 4 is 17.8 Å². The predicted octanol–water partition coefficient (Wildman–Crippen LogP) is 3.10. The van der Waals surface area contributed by atoms with Crippen LogP contribution in [-0.2, 0) is 25.7 Å². The van der Waals surface area contributed by atoms with Crippen molar-refractivity contribution in [2.45, 2.75) is 46.3 Å². The maximum atomic E-state index is 12.1. The molecule has 1 fully saturated rings. The van der Waals surface area contributed by atoms with E-state index < -0.39 is 18.1 Å². The van der Waals surface area contributed by atoms with Gasteiger partial charge in [-0.3, -0.25) is 4.79 Å². The molecule has 6 heteroatoms. The van der Waals surface area contributed by atoms with Crippen LogP contribution < -0.4 is 5.32 Å². The van der Waals surface area contributed by atoms with Gasteiger partial charge >= 0.3 is 12.1 Å². The van der Waals surface area contributed by atoms with Crippen LogP contribution in [0.4, 0.5) is 4.79 Å². The Morgan fingerprint density at radius 3 is 2.42 bits per heavy atom. The lowest BCUT2D eigenvalue weighted by Crippen LogP contribution is -2.52. The maximum absolute atomic E-state index is 12.1. The number of carbonyl (C=O) groups excluding carboxylic acids is 3. The molecule has 0 heterocycles. The fraction of sp³-hybridized carbons (Fsp3) is 0.550. The summed E-state index contributed by atoms with van der Waals surface area (Å²) in [5.41, 5.74) is 0.662. The van der Waals surface area contributed by atoms with E-state index >= 15 is 0 Å². The van der Waals surface area contributed by atoms with Crippen LogP contribution in [0.2, 0.25) is 0 Å². The first kappa shape index (κ1) is 19.9. The zero-order chi connectivity index (χ0) is 19.3. The standard InChI is InChI=1S/C20H27NO5/c1-13(22)16-10-15(20(16,2)3)11-17(18(23)25-4)21-19(24)26-12-14-8-6-5-7-9-14/h5-9,15-17H,10-12H2,1-4H3,(H,21,24)/t15-,16+,17-/m1/s1. The molecule has 2 rings (SSSR count). The Morgan fingerprint density at radius 2 is 1.88 bits per heavy atom. The molecule has 1 amide bonds. The average molecular weight is 361 g/mol.